The molecule has 2 heterocycles. The number of ether oxygens (including phenoxy) is 1. The molecule has 0 fully saturated rings. The minimum atomic E-state index is -0.303. The van der Waals surface area contributed by atoms with Crippen molar-refractivity contribution < 1.29 is 9.13 Å². The van der Waals surface area contributed by atoms with Crippen LogP contribution in [0.25, 0.3) is 10.2 Å². The summed E-state index contributed by atoms with van der Waals surface area (Å²) in [5, 5.41) is 2.80. The van der Waals surface area contributed by atoms with E-state index in [2.05, 4.69) is 15.4 Å². The van der Waals surface area contributed by atoms with Crippen molar-refractivity contribution in [3.8, 4) is 5.75 Å². The van der Waals surface area contributed by atoms with Crippen molar-refractivity contribution in [2.45, 2.75) is 6.61 Å². The van der Waals surface area contributed by atoms with Crippen LogP contribution in [0.15, 0.2) is 35.7 Å². The summed E-state index contributed by atoms with van der Waals surface area (Å²) < 4.78 is 18.3. The molecule has 5 nitrogen and oxygen atoms in total. The number of nitrogen functional groups attached to an aromatic ring is 1. The zero-order chi connectivity index (χ0) is 13.9. The van der Waals surface area contributed by atoms with E-state index in [1.54, 1.807) is 12.1 Å². The molecule has 0 aliphatic carbocycles. The van der Waals surface area contributed by atoms with Crippen molar-refractivity contribution in [2.24, 2.45) is 5.84 Å². The third-order valence-electron chi connectivity index (χ3n) is 2.69. The van der Waals surface area contributed by atoms with Crippen molar-refractivity contribution in [3.05, 3.63) is 47.4 Å². The van der Waals surface area contributed by atoms with Gasteiger partial charge < -0.3 is 10.2 Å². The second kappa shape index (κ2) is 5.40. The third kappa shape index (κ3) is 2.54. The Balaban J connectivity index is 1.81. The number of hydrogen-bond acceptors (Lipinski definition) is 6. The maximum absolute atomic E-state index is 12.8. The normalized spacial score (nSPS) is 10.7. The van der Waals surface area contributed by atoms with Gasteiger partial charge in [0.1, 0.15) is 23.0 Å². The highest BCUT2D eigenvalue weighted by atomic mass is 32.1. The Morgan fingerprint density at radius 3 is 2.75 bits per heavy atom. The number of thiophene rings is 1. The lowest BCUT2D eigenvalue weighted by Gasteiger charge is -2.07. The number of hydrazine groups is 1. The van der Waals surface area contributed by atoms with E-state index in [9.17, 15) is 4.39 Å². The third-order valence-corrected chi connectivity index (χ3v) is 3.50. The Kier molecular flexibility index (Phi) is 3.44. The highest BCUT2D eigenvalue weighted by Gasteiger charge is 2.08. The summed E-state index contributed by atoms with van der Waals surface area (Å²) in [6.45, 7) is 0.189. The Bertz CT molecular complexity index is 729. The van der Waals surface area contributed by atoms with Crippen molar-refractivity contribution in [1.82, 2.24) is 9.97 Å². The van der Waals surface area contributed by atoms with Crippen molar-refractivity contribution in [2.75, 3.05) is 5.43 Å². The van der Waals surface area contributed by atoms with Gasteiger partial charge in [-0.05, 0) is 35.7 Å². The number of rotatable bonds is 4. The van der Waals surface area contributed by atoms with Gasteiger partial charge in [-0.25, -0.2) is 20.2 Å². The van der Waals surface area contributed by atoms with Gasteiger partial charge in [0.2, 0.25) is 0 Å². The summed E-state index contributed by atoms with van der Waals surface area (Å²) in [5.41, 5.74) is 2.55. The number of fused-ring (bicyclic) bond motifs is 1. The first kappa shape index (κ1) is 12.8. The van der Waals surface area contributed by atoms with Crippen molar-refractivity contribution in [1.29, 1.82) is 0 Å². The van der Waals surface area contributed by atoms with E-state index >= 15 is 0 Å². The van der Waals surface area contributed by atoms with Gasteiger partial charge in [0.25, 0.3) is 0 Å². The van der Waals surface area contributed by atoms with Crippen LogP contribution in [0.3, 0.4) is 0 Å². The van der Waals surface area contributed by atoms with Gasteiger partial charge in [0.15, 0.2) is 11.6 Å². The maximum atomic E-state index is 12.8. The first-order chi connectivity index (χ1) is 9.76. The maximum Gasteiger partial charge on any atom is 0.169 e. The molecular weight excluding hydrogens is 279 g/mol. The summed E-state index contributed by atoms with van der Waals surface area (Å²) in [5.74, 6) is 6.78. The molecule has 1 aromatic carbocycles. The fourth-order valence-corrected chi connectivity index (χ4v) is 2.54. The largest absolute Gasteiger partial charge is 0.486 e. The molecule has 0 saturated carbocycles. The fourth-order valence-electron chi connectivity index (χ4n) is 1.75. The average Bonchev–Trinajstić information content (AvgIpc) is 2.94. The van der Waals surface area contributed by atoms with Crippen molar-refractivity contribution >= 4 is 27.4 Å². The second-order valence-corrected chi connectivity index (χ2v) is 4.91. The smallest absolute Gasteiger partial charge is 0.169 e. The number of benzene rings is 1. The zero-order valence-electron chi connectivity index (χ0n) is 10.3. The molecule has 0 aliphatic heterocycles. The SMILES string of the molecule is NNc1nc(COc2ccc(F)cc2)nc2sccc12. The van der Waals surface area contributed by atoms with Gasteiger partial charge in [-0.15, -0.1) is 11.3 Å². The highest BCUT2D eigenvalue weighted by molar-refractivity contribution is 7.16. The van der Waals surface area contributed by atoms with E-state index in [0.717, 1.165) is 10.2 Å². The molecule has 2 aromatic heterocycles. The quantitative estimate of drug-likeness (QED) is 0.571. The number of hydrogen-bond donors (Lipinski definition) is 2. The molecule has 0 unspecified atom stereocenters. The fraction of sp³-hybridized carbons (Fsp3) is 0.0769. The highest BCUT2D eigenvalue weighted by Crippen LogP contribution is 2.24. The van der Waals surface area contributed by atoms with Crippen molar-refractivity contribution in [3.63, 3.8) is 0 Å². The van der Waals surface area contributed by atoms with Gasteiger partial charge in [-0.2, -0.15) is 0 Å². The van der Waals surface area contributed by atoms with Gasteiger partial charge in [-0.1, -0.05) is 0 Å². The molecule has 0 radical (unpaired) electrons. The summed E-state index contributed by atoms with van der Waals surface area (Å²) in [7, 11) is 0. The predicted molar refractivity (Wildman–Crippen MR) is 76.0 cm³/mol. The minimum absolute atomic E-state index is 0.189. The zero-order valence-corrected chi connectivity index (χ0v) is 11.2. The van der Waals surface area contributed by atoms with E-state index in [0.29, 0.717) is 17.4 Å². The Hall–Kier alpha value is -2.25. The molecule has 0 atom stereocenters. The molecule has 0 aliphatic rings. The van der Waals surface area contributed by atoms with Crippen LogP contribution in [0.2, 0.25) is 0 Å². The molecular formula is C13H11FN4OS. The molecule has 0 bridgehead atoms. The lowest BCUT2D eigenvalue weighted by Crippen LogP contribution is -2.11. The lowest BCUT2D eigenvalue weighted by molar-refractivity contribution is 0.296. The molecule has 0 saturated heterocycles. The predicted octanol–water partition coefficient (Wildman–Crippen LogP) is 2.70. The second-order valence-electron chi connectivity index (χ2n) is 4.01. The standard InChI is InChI=1S/C13H11FN4OS/c14-8-1-3-9(4-2-8)19-7-11-16-12(18-15)10-5-6-20-13(10)17-11/h1-6H,7,15H2,(H,16,17,18). The molecule has 3 rings (SSSR count). The van der Waals surface area contributed by atoms with Gasteiger partial charge in [0, 0.05) is 0 Å². The summed E-state index contributed by atoms with van der Waals surface area (Å²) >= 11 is 1.50. The molecule has 7 heteroatoms. The first-order valence-corrected chi connectivity index (χ1v) is 6.73. The Morgan fingerprint density at radius 1 is 1.20 bits per heavy atom. The van der Waals surface area contributed by atoms with Crippen LogP contribution < -0.4 is 16.0 Å². The van der Waals surface area contributed by atoms with Crippen LogP contribution in [-0.4, -0.2) is 9.97 Å². The van der Waals surface area contributed by atoms with Crippen LogP contribution in [-0.2, 0) is 6.61 Å². The molecule has 0 spiro atoms. The Labute approximate surface area is 118 Å². The van der Waals surface area contributed by atoms with Crippen LogP contribution in [0.5, 0.6) is 5.75 Å². The number of nitrogens with one attached hydrogen (secondary N) is 1. The molecule has 0 amide bonds. The monoisotopic (exact) mass is 290 g/mol. The van der Waals surface area contributed by atoms with E-state index in [4.69, 9.17) is 10.6 Å². The van der Waals surface area contributed by atoms with Gasteiger partial charge in [0.05, 0.1) is 5.39 Å². The van der Waals surface area contributed by atoms with Crippen LogP contribution in [0, 0.1) is 5.82 Å². The van der Waals surface area contributed by atoms with E-state index < -0.39 is 0 Å². The first-order valence-electron chi connectivity index (χ1n) is 5.85. The van der Waals surface area contributed by atoms with Crippen LogP contribution in [0.1, 0.15) is 5.82 Å². The topological polar surface area (TPSA) is 73.1 Å². The molecule has 20 heavy (non-hydrogen) atoms. The summed E-state index contributed by atoms with van der Waals surface area (Å²) in [6, 6.07) is 7.69. The molecule has 102 valence electrons. The van der Waals surface area contributed by atoms with Crippen LogP contribution >= 0.6 is 11.3 Å². The number of halogens is 1. The van der Waals surface area contributed by atoms with E-state index in [1.165, 1.54) is 23.5 Å². The average molecular weight is 290 g/mol. The minimum Gasteiger partial charge on any atom is -0.486 e. The van der Waals surface area contributed by atoms with Gasteiger partial charge in [-0.3, -0.25) is 0 Å². The summed E-state index contributed by atoms with van der Waals surface area (Å²) in [6.07, 6.45) is 0. The van der Waals surface area contributed by atoms with Gasteiger partial charge >= 0.3 is 0 Å². The summed E-state index contributed by atoms with van der Waals surface area (Å²) in [4.78, 5) is 9.51. The number of nitrogens with two attached hydrogens (primary N) is 1. The lowest BCUT2D eigenvalue weighted by atomic mass is 10.3. The number of nitrogens with zero attached hydrogens (tertiary/aromatic N) is 2. The van der Waals surface area contributed by atoms with Crippen LogP contribution in [0.4, 0.5) is 10.2 Å². The number of anilines is 1. The molecule has 3 aromatic rings. The molecule has 3 N–H and O–H groups in total. The number of aromatic nitrogens is 2. The Morgan fingerprint density at radius 2 is 2.00 bits per heavy atom. The van der Waals surface area contributed by atoms with E-state index in [1.807, 2.05) is 11.4 Å². The van der Waals surface area contributed by atoms with E-state index in [-0.39, 0.29) is 12.4 Å².